The second-order valence-electron chi connectivity index (χ2n) is 2.12. The van der Waals surface area contributed by atoms with Gasteiger partial charge in [-0.25, -0.2) is 0 Å². The van der Waals surface area contributed by atoms with E-state index >= 15 is 0 Å². The Morgan fingerprint density at radius 1 is 1.27 bits per heavy atom. The molecule has 0 amide bonds. The fraction of sp³-hybridized carbons (Fsp3) is 0. The smallest absolute Gasteiger partial charge is 0.228 e. The molecule has 56 valence electrons. The van der Waals surface area contributed by atoms with E-state index in [-0.39, 0.29) is 4.69 Å². The molecule has 0 unspecified atom stereocenters. The molecule has 0 bridgehead atoms. The number of halogens is 1. The SMILES string of the molecule is C=C(C(=O)Br)c1ccccc1. The van der Waals surface area contributed by atoms with Gasteiger partial charge in [0.1, 0.15) is 0 Å². The van der Waals surface area contributed by atoms with Gasteiger partial charge in [0, 0.05) is 5.57 Å². The Bertz CT molecular complexity index is 277. The molecule has 1 nitrogen and oxygen atoms in total. The summed E-state index contributed by atoms with van der Waals surface area (Å²) in [5.74, 6) is 0. The standard InChI is InChI=1S/C9H7BrO/c1-7(9(10)11)8-5-3-2-4-6-8/h2-6H,1H2. The van der Waals surface area contributed by atoms with Crippen molar-refractivity contribution in [2.24, 2.45) is 0 Å². The number of rotatable bonds is 2. The highest BCUT2D eigenvalue weighted by Crippen LogP contribution is 2.14. The van der Waals surface area contributed by atoms with E-state index in [4.69, 9.17) is 0 Å². The van der Waals surface area contributed by atoms with Crippen LogP contribution >= 0.6 is 15.9 Å². The lowest BCUT2D eigenvalue weighted by molar-refractivity contribution is -0.105. The van der Waals surface area contributed by atoms with Crippen LogP contribution in [0.3, 0.4) is 0 Å². The Hall–Kier alpha value is -0.890. The summed E-state index contributed by atoms with van der Waals surface area (Å²) in [4.78, 5) is 10.8. The first-order valence-corrected chi connectivity index (χ1v) is 3.95. The van der Waals surface area contributed by atoms with Crippen LogP contribution in [0.25, 0.3) is 5.57 Å². The molecule has 0 fully saturated rings. The molecule has 0 atom stereocenters. The van der Waals surface area contributed by atoms with Crippen molar-refractivity contribution in [2.75, 3.05) is 0 Å². The van der Waals surface area contributed by atoms with Crippen LogP contribution in [0, 0.1) is 0 Å². The molecule has 11 heavy (non-hydrogen) atoms. The van der Waals surface area contributed by atoms with Gasteiger partial charge in [0.15, 0.2) is 0 Å². The van der Waals surface area contributed by atoms with E-state index in [0.717, 1.165) is 5.56 Å². The van der Waals surface area contributed by atoms with Crippen LogP contribution in [0.5, 0.6) is 0 Å². The third-order valence-electron chi connectivity index (χ3n) is 1.36. The summed E-state index contributed by atoms with van der Waals surface area (Å²) in [6.45, 7) is 3.63. The van der Waals surface area contributed by atoms with Crippen LogP contribution in [0.1, 0.15) is 5.56 Å². The third kappa shape index (κ3) is 2.02. The fourth-order valence-corrected chi connectivity index (χ4v) is 0.982. The van der Waals surface area contributed by atoms with E-state index in [1.165, 1.54) is 0 Å². The molecule has 0 aliphatic carbocycles. The van der Waals surface area contributed by atoms with Gasteiger partial charge in [0.05, 0.1) is 0 Å². The van der Waals surface area contributed by atoms with Crippen molar-refractivity contribution >= 4 is 26.2 Å². The normalized spacial score (nSPS) is 9.18. The van der Waals surface area contributed by atoms with Gasteiger partial charge >= 0.3 is 0 Å². The maximum Gasteiger partial charge on any atom is 0.228 e. The molecule has 0 aromatic heterocycles. The van der Waals surface area contributed by atoms with E-state index in [1.54, 1.807) is 0 Å². The van der Waals surface area contributed by atoms with E-state index < -0.39 is 0 Å². The topological polar surface area (TPSA) is 17.1 Å². The summed E-state index contributed by atoms with van der Waals surface area (Å²) in [6.07, 6.45) is 0. The number of benzene rings is 1. The van der Waals surface area contributed by atoms with Crippen molar-refractivity contribution in [3.63, 3.8) is 0 Å². The number of carbonyl (C=O) groups is 1. The molecule has 2 heteroatoms. The third-order valence-corrected chi connectivity index (χ3v) is 1.84. The largest absolute Gasteiger partial charge is 0.281 e. The second kappa shape index (κ2) is 3.49. The Balaban J connectivity index is 2.95. The molecule has 1 rings (SSSR count). The molecule has 0 spiro atoms. The minimum Gasteiger partial charge on any atom is -0.281 e. The lowest BCUT2D eigenvalue weighted by Gasteiger charge is -1.97. The van der Waals surface area contributed by atoms with Crippen LogP contribution in [-0.4, -0.2) is 4.69 Å². The van der Waals surface area contributed by atoms with Crippen molar-refractivity contribution in [2.45, 2.75) is 0 Å². The van der Waals surface area contributed by atoms with E-state index in [9.17, 15) is 4.79 Å². The number of hydrogen-bond acceptors (Lipinski definition) is 1. The average molecular weight is 211 g/mol. The van der Waals surface area contributed by atoms with Crippen LogP contribution in [-0.2, 0) is 4.79 Å². The lowest BCUT2D eigenvalue weighted by atomic mass is 10.1. The number of carbonyl (C=O) groups excluding carboxylic acids is 1. The summed E-state index contributed by atoms with van der Waals surface area (Å²) in [5, 5.41) is 0. The van der Waals surface area contributed by atoms with Crippen molar-refractivity contribution in [3.05, 3.63) is 42.5 Å². The van der Waals surface area contributed by atoms with Crippen LogP contribution in [0.4, 0.5) is 0 Å². The zero-order valence-electron chi connectivity index (χ0n) is 5.88. The first-order valence-electron chi connectivity index (χ1n) is 3.16. The summed E-state index contributed by atoms with van der Waals surface area (Å²) >= 11 is 2.84. The monoisotopic (exact) mass is 210 g/mol. The summed E-state index contributed by atoms with van der Waals surface area (Å²) in [5.41, 5.74) is 1.35. The summed E-state index contributed by atoms with van der Waals surface area (Å²) in [7, 11) is 0. The number of allylic oxidation sites excluding steroid dienone is 1. The Morgan fingerprint density at radius 2 is 1.82 bits per heavy atom. The molecule has 1 aromatic carbocycles. The zero-order valence-corrected chi connectivity index (χ0v) is 7.47. The molecule has 0 heterocycles. The minimum atomic E-state index is -0.163. The number of hydrogen-bond donors (Lipinski definition) is 0. The molecule has 0 radical (unpaired) electrons. The van der Waals surface area contributed by atoms with Gasteiger partial charge in [0.2, 0.25) is 4.69 Å². The van der Waals surface area contributed by atoms with Crippen molar-refractivity contribution in [3.8, 4) is 0 Å². The van der Waals surface area contributed by atoms with Crippen molar-refractivity contribution in [1.82, 2.24) is 0 Å². The van der Waals surface area contributed by atoms with Gasteiger partial charge < -0.3 is 0 Å². The highest BCUT2D eigenvalue weighted by Gasteiger charge is 2.03. The molecule has 0 N–H and O–H groups in total. The van der Waals surface area contributed by atoms with Gasteiger partial charge in [-0.05, 0) is 21.5 Å². The van der Waals surface area contributed by atoms with Gasteiger partial charge in [-0.3, -0.25) is 4.79 Å². The van der Waals surface area contributed by atoms with Gasteiger partial charge in [-0.2, -0.15) is 0 Å². The predicted octanol–water partition coefficient (Wildman–Crippen LogP) is 2.62. The molecular formula is C9H7BrO. The maximum atomic E-state index is 10.8. The Labute approximate surface area is 73.9 Å². The molecule has 0 saturated heterocycles. The summed E-state index contributed by atoms with van der Waals surface area (Å²) in [6, 6.07) is 9.34. The fourth-order valence-electron chi connectivity index (χ4n) is 0.753. The first kappa shape index (κ1) is 8.21. The van der Waals surface area contributed by atoms with Crippen LogP contribution in [0.15, 0.2) is 36.9 Å². The summed E-state index contributed by atoms with van der Waals surface area (Å²) < 4.78 is -0.163. The molecular weight excluding hydrogens is 204 g/mol. The Kier molecular flexibility index (Phi) is 2.60. The van der Waals surface area contributed by atoms with Crippen LogP contribution < -0.4 is 0 Å². The zero-order chi connectivity index (χ0) is 8.27. The molecule has 0 aliphatic rings. The van der Waals surface area contributed by atoms with E-state index in [2.05, 4.69) is 22.5 Å². The molecule has 0 aliphatic heterocycles. The first-order chi connectivity index (χ1) is 5.22. The highest BCUT2D eigenvalue weighted by molar-refractivity contribution is 9.18. The highest BCUT2D eigenvalue weighted by atomic mass is 79.9. The molecule has 1 aromatic rings. The van der Waals surface area contributed by atoms with Gasteiger partial charge in [0.25, 0.3) is 0 Å². The van der Waals surface area contributed by atoms with E-state index in [1.807, 2.05) is 30.3 Å². The van der Waals surface area contributed by atoms with Gasteiger partial charge in [-0.15, -0.1) is 0 Å². The van der Waals surface area contributed by atoms with Gasteiger partial charge in [-0.1, -0.05) is 36.9 Å². The lowest BCUT2D eigenvalue weighted by Crippen LogP contribution is -1.88. The predicted molar refractivity (Wildman–Crippen MR) is 49.4 cm³/mol. The Morgan fingerprint density at radius 3 is 2.27 bits per heavy atom. The second-order valence-corrected chi connectivity index (χ2v) is 2.84. The molecule has 0 saturated carbocycles. The van der Waals surface area contributed by atoms with E-state index in [0.29, 0.717) is 5.57 Å². The minimum absolute atomic E-state index is 0.163. The quantitative estimate of drug-likeness (QED) is 0.542. The van der Waals surface area contributed by atoms with Crippen molar-refractivity contribution in [1.29, 1.82) is 0 Å². The van der Waals surface area contributed by atoms with Crippen molar-refractivity contribution < 1.29 is 4.79 Å². The maximum absolute atomic E-state index is 10.8. The average Bonchev–Trinajstić information content (AvgIpc) is 2.05. The van der Waals surface area contributed by atoms with Crippen LogP contribution in [0.2, 0.25) is 0 Å².